The summed E-state index contributed by atoms with van der Waals surface area (Å²) in [4.78, 5) is 22.7. The van der Waals surface area contributed by atoms with Gasteiger partial charge in [0.05, 0.1) is 5.88 Å². The van der Waals surface area contributed by atoms with E-state index < -0.39 is 11.6 Å². The van der Waals surface area contributed by atoms with Crippen molar-refractivity contribution in [2.24, 2.45) is 0 Å². The number of rotatable bonds is 3. The van der Waals surface area contributed by atoms with Gasteiger partial charge in [0.25, 0.3) is 0 Å². The standard InChI is InChI=1S/C11H9ClO4/c12-6-8(13)11(14)7-1-2-9-10(5-7)16-4-3-15-9/h1-2,5H,3-4,6H2. The maximum atomic E-state index is 11.5. The Labute approximate surface area is 97.1 Å². The van der Waals surface area contributed by atoms with Crippen molar-refractivity contribution in [1.29, 1.82) is 0 Å². The van der Waals surface area contributed by atoms with Gasteiger partial charge < -0.3 is 9.47 Å². The minimum atomic E-state index is -0.627. The predicted molar refractivity (Wildman–Crippen MR) is 57.5 cm³/mol. The van der Waals surface area contributed by atoms with Crippen LogP contribution in [0.2, 0.25) is 0 Å². The zero-order valence-corrected chi connectivity index (χ0v) is 9.12. The van der Waals surface area contributed by atoms with Crippen LogP contribution in [0.15, 0.2) is 18.2 Å². The molecule has 2 rings (SSSR count). The zero-order valence-electron chi connectivity index (χ0n) is 8.36. The number of benzene rings is 1. The van der Waals surface area contributed by atoms with Crippen LogP contribution in [-0.4, -0.2) is 30.7 Å². The van der Waals surface area contributed by atoms with Crippen LogP contribution in [0, 0.1) is 0 Å². The lowest BCUT2D eigenvalue weighted by Gasteiger charge is -2.18. The Morgan fingerprint density at radius 2 is 1.88 bits per heavy atom. The number of alkyl halides is 1. The third-order valence-electron chi connectivity index (χ3n) is 2.18. The SMILES string of the molecule is O=C(CCl)C(=O)c1ccc2c(c1)OCCO2. The Bertz CT molecular complexity index is 442. The molecular weight excluding hydrogens is 232 g/mol. The lowest BCUT2D eigenvalue weighted by atomic mass is 10.1. The van der Waals surface area contributed by atoms with Crippen molar-refractivity contribution in [3.8, 4) is 11.5 Å². The molecule has 0 amide bonds. The molecule has 1 aromatic rings. The summed E-state index contributed by atoms with van der Waals surface area (Å²) >= 11 is 5.31. The number of halogens is 1. The highest BCUT2D eigenvalue weighted by molar-refractivity contribution is 6.51. The maximum absolute atomic E-state index is 11.5. The van der Waals surface area contributed by atoms with E-state index in [1.165, 1.54) is 12.1 Å². The first kappa shape index (κ1) is 11.0. The molecule has 0 atom stereocenters. The van der Waals surface area contributed by atoms with Gasteiger partial charge in [-0.2, -0.15) is 0 Å². The van der Waals surface area contributed by atoms with Crippen LogP contribution in [0.3, 0.4) is 0 Å². The van der Waals surface area contributed by atoms with E-state index in [4.69, 9.17) is 21.1 Å². The zero-order chi connectivity index (χ0) is 11.5. The predicted octanol–water partition coefficient (Wildman–Crippen LogP) is 1.45. The molecule has 0 unspecified atom stereocenters. The fraction of sp³-hybridized carbons (Fsp3) is 0.273. The van der Waals surface area contributed by atoms with E-state index in [-0.39, 0.29) is 11.4 Å². The first-order valence-corrected chi connectivity index (χ1v) is 5.29. The highest BCUT2D eigenvalue weighted by Crippen LogP contribution is 2.30. The molecule has 0 aliphatic carbocycles. The highest BCUT2D eigenvalue weighted by atomic mass is 35.5. The summed E-state index contributed by atoms with van der Waals surface area (Å²) in [6, 6.07) is 4.64. The molecule has 0 spiro atoms. The van der Waals surface area contributed by atoms with E-state index in [1.807, 2.05) is 0 Å². The Kier molecular flexibility index (Phi) is 3.10. The van der Waals surface area contributed by atoms with Crippen LogP contribution >= 0.6 is 11.6 Å². The third-order valence-corrected chi connectivity index (χ3v) is 2.42. The van der Waals surface area contributed by atoms with Crippen molar-refractivity contribution in [2.45, 2.75) is 0 Å². The van der Waals surface area contributed by atoms with E-state index in [0.29, 0.717) is 24.7 Å². The molecule has 1 heterocycles. The molecule has 5 heteroatoms. The second-order valence-electron chi connectivity index (χ2n) is 3.24. The maximum Gasteiger partial charge on any atom is 0.229 e. The lowest BCUT2D eigenvalue weighted by molar-refractivity contribution is -0.112. The summed E-state index contributed by atoms with van der Waals surface area (Å²) in [6.45, 7) is 0.926. The first-order chi connectivity index (χ1) is 7.72. The molecule has 4 nitrogen and oxygen atoms in total. The molecule has 0 aromatic heterocycles. The van der Waals surface area contributed by atoms with Crippen LogP contribution in [-0.2, 0) is 4.79 Å². The fourth-order valence-electron chi connectivity index (χ4n) is 1.41. The molecule has 0 saturated carbocycles. The number of hydrogen-bond donors (Lipinski definition) is 0. The van der Waals surface area contributed by atoms with Crippen LogP contribution in [0.5, 0.6) is 11.5 Å². The van der Waals surface area contributed by atoms with Crippen molar-refractivity contribution in [3.63, 3.8) is 0 Å². The van der Waals surface area contributed by atoms with E-state index in [9.17, 15) is 9.59 Å². The summed E-state index contributed by atoms with van der Waals surface area (Å²) in [5.74, 6) is -0.473. The number of fused-ring (bicyclic) bond motifs is 1. The molecule has 1 aliphatic heterocycles. The number of ketones is 2. The van der Waals surface area contributed by atoms with Gasteiger partial charge in [-0.3, -0.25) is 9.59 Å². The molecular formula is C11H9ClO4. The molecule has 0 fully saturated rings. The first-order valence-electron chi connectivity index (χ1n) is 4.75. The van der Waals surface area contributed by atoms with E-state index >= 15 is 0 Å². The molecule has 0 N–H and O–H groups in total. The summed E-state index contributed by atoms with van der Waals surface area (Å²) < 4.78 is 10.6. The summed E-state index contributed by atoms with van der Waals surface area (Å²) in [5, 5.41) is 0. The molecule has 1 aromatic carbocycles. The Balaban J connectivity index is 2.30. The van der Waals surface area contributed by atoms with Crippen LogP contribution in [0.1, 0.15) is 10.4 Å². The smallest absolute Gasteiger partial charge is 0.229 e. The van der Waals surface area contributed by atoms with Gasteiger partial charge in [-0.15, -0.1) is 11.6 Å². The van der Waals surface area contributed by atoms with E-state index in [0.717, 1.165) is 0 Å². The second kappa shape index (κ2) is 4.53. The molecule has 0 bridgehead atoms. The van der Waals surface area contributed by atoms with Crippen LogP contribution < -0.4 is 9.47 Å². The van der Waals surface area contributed by atoms with Gasteiger partial charge in [-0.05, 0) is 18.2 Å². The van der Waals surface area contributed by atoms with Gasteiger partial charge in [0, 0.05) is 5.56 Å². The van der Waals surface area contributed by atoms with E-state index in [2.05, 4.69) is 0 Å². The number of carbonyl (C=O) groups excluding carboxylic acids is 2. The largest absolute Gasteiger partial charge is 0.486 e. The summed E-state index contributed by atoms with van der Waals surface area (Å²) in [7, 11) is 0. The average Bonchev–Trinajstić information content (AvgIpc) is 2.36. The molecule has 16 heavy (non-hydrogen) atoms. The van der Waals surface area contributed by atoms with Gasteiger partial charge in [-0.1, -0.05) is 0 Å². The highest BCUT2D eigenvalue weighted by Gasteiger charge is 2.18. The number of Topliss-reactive ketones (excluding diaryl/α,β-unsaturated/α-hetero) is 2. The Hall–Kier alpha value is -1.55. The monoisotopic (exact) mass is 240 g/mol. The Morgan fingerprint density at radius 3 is 2.56 bits per heavy atom. The van der Waals surface area contributed by atoms with Gasteiger partial charge in [-0.25, -0.2) is 0 Å². The van der Waals surface area contributed by atoms with Crippen molar-refractivity contribution < 1.29 is 19.1 Å². The van der Waals surface area contributed by atoms with E-state index in [1.54, 1.807) is 6.07 Å². The van der Waals surface area contributed by atoms with Crippen molar-refractivity contribution in [2.75, 3.05) is 19.1 Å². The topological polar surface area (TPSA) is 52.6 Å². The fourth-order valence-corrected chi connectivity index (χ4v) is 1.53. The second-order valence-corrected chi connectivity index (χ2v) is 3.51. The molecule has 0 saturated heterocycles. The quantitative estimate of drug-likeness (QED) is 0.456. The minimum Gasteiger partial charge on any atom is -0.486 e. The summed E-state index contributed by atoms with van der Waals surface area (Å²) in [5.41, 5.74) is 0.273. The van der Waals surface area contributed by atoms with Crippen LogP contribution in [0.25, 0.3) is 0 Å². The Morgan fingerprint density at radius 1 is 1.19 bits per heavy atom. The van der Waals surface area contributed by atoms with Gasteiger partial charge in [0.15, 0.2) is 11.5 Å². The van der Waals surface area contributed by atoms with Crippen molar-refractivity contribution >= 4 is 23.2 Å². The van der Waals surface area contributed by atoms with Gasteiger partial charge >= 0.3 is 0 Å². The minimum absolute atomic E-state index is 0.273. The number of carbonyl (C=O) groups is 2. The third kappa shape index (κ3) is 2.02. The summed E-state index contributed by atoms with van der Waals surface area (Å²) in [6.07, 6.45) is 0. The van der Waals surface area contributed by atoms with Gasteiger partial charge in [0.1, 0.15) is 13.2 Å². The van der Waals surface area contributed by atoms with Crippen molar-refractivity contribution in [1.82, 2.24) is 0 Å². The normalized spacial score (nSPS) is 13.3. The lowest BCUT2D eigenvalue weighted by Crippen LogP contribution is -2.18. The molecule has 84 valence electrons. The van der Waals surface area contributed by atoms with Gasteiger partial charge in [0.2, 0.25) is 11.6 Å². The van der Waals surface area contributed by atoms with Crippen molar-refractivity contribution in [3.05, 3.63) is 23.8 Å². The average molecular weight is 241 g/mol. The molecule has 0 radical (unpaired) electrons. The number of hydrogen-bond acceptors (Lipinski definition) is 4. The number of ether oxygens (including phenoxy) is 2. The van der Waals surface area contributed by atoms with Crippen LogP contribution in [0.4, 0.5) is 0 Å². The molecule has 1 aliphatic rings.